The molecule has 41 heavy (non-hydrogen) atoms. The van der Waals surface area contributed by atoms with Crippen LogP contribution in [0.2, 0.25) is 0 Å². The molecule has 16 nitrogen and oxygen atoms in total. The maximum absolute atomic E-state index is 11.7. The van der Waals surface area contributed by atoms with Crippen molar-refractivity contribution in [3.8, 4) is 0 Å². The number of hydrogen-bond acceptors (Lipinski definition) is 11. The number of carbonyl (C=O) groups is 2. The van der Waals surface area contributed by atoms with E-state index in [9.17, 15) is 29.8 Å². The van der Waals surface area contributed by atoms with Gasteiger partial charge < -0.3 is 24.8 Å². The van der Waals surface area contributed by atoms with Crippen molar-refractivity contribution < 1.29 is 24.0 Å². The molecule has 0 aliphatic carbocycles. The third kappa shape index (κ3) is 9.72. The molecule has 2 aromatic heterocycles. The number of imide groups is 1. The van der Waals surface area contributed by atoms with Gasteiger partial charge in [-0.15, -0.1) is 0 Å². The van der Waals surface area contributed by atoms with Crippen LogP contribution in [-0.2, 0) is 41.2 Å². The van der Waals surface area contributed by atoms with Crippen LogP contribution in [0.3, 0.4) is 0 Å². The molecule has 1 aliphatic heterocycles. The van der Waals surface area contributed by atoms with Gasteiger partial charge in [0.2, 0.25) is 0 Å². The van der Waals surface area contributed by atoms with Crippen molar-refractivity contribution >= 4 is 64.0 Å². The Labute approximate surface area is 254 Å². The number of aryl methyl sites for hydroxylation is 2. The summed E-state index contributed by atoms with van der Waals surface area (Å²) in [5, 5.41) is 29.6. The summed E-state index contributed by atoms with van der Waals surface area (Å²) in [6, 6.07) is 0. The molecule has 2 N–H and O–H groups in total. The van der Waals surface area contributed by atoms with Crippen LogP contribution < -0.4 is 10.2 Å². The summed E-state index contributed by atoms with van der Waals surface area (Å²) in [4.78, 5) is 53.0. The molecule has 3 rings (SSSR count). The highest BCUT2D eigenvalue weighted by Gasteiger charge is 2.27. The van der Waals surface area contributed by atoms with Gasteiger partial charge in [0.15, 0.2) is 19.8 Å². The zero-order valence-corrected chi connectivity index (χ0v) is 27.1. The van der Waals surface area contributed by atoms with Crippen LogP contribution in [0.4, 0.5) is 11.9 Å². The fraction of sp³-hybridized carbons (Fsp3) is 0.545. The molecule has 0 unspecified atom stereocenters. The SMILES string of the molecule is Cc1nc([N+](=O)[O-])n(C)c1C.Cn1c([N+](=O)[O-])nc(CCCN2C(=O)C=CC2=O)c1COP(NCCBr)NCCBr. The Balaban J connectivity index is 0.000000446. The smallest absolute Gasteiger partial charge is 0.390 e. The minimum absolute atomic E-state index is 0.0972. The van der Waals surface area contributed by atoms with E-state index in [1.807, 2.05) is 0 Å². The van der Waals surface area contributed by atoms with Gasteiger partial charge in [0, 0.05) is 48.9 Å². The summed E-state index contributed by atoms with van der Waals surface area (Å²) < 4.78 is 8.83. The number of carbonyl (C=O) groups excluding carboxylic acids is 2. The maximum Gasteiger partial charge on any atom is 0.434 e. The van der Waals surface area contributed by atoms with Crippen LogP contribution >= 0.6 is 40.3 Å². The van der Waals surface area contributed by atoms with Crippen LogP contribution in [0, 0.1) is 34.1 Å². The number of aromatic nitrogens is 4. The van der Waals surface area contributed by atoms with E-state index in [-0.39, 0.29) is 36.9 Å². The van der Waals surface area contributed by atoms with Gasteiger partial charge in [-0.2, -0.15) is 0 Å². The van der Waals surface area contributed by atoms with E-state index in [0.717, 1.165) is 21.3 Å². The van der Waals surface area contributed by atoms with E-state index in [4.69, 9.17) is 4.52 Å². The number of nitrogens with zero attached hydrogens (tertiary/aromatic N) is 7. The standard InChI is InChI=1S/C16H23Br2N6O5P.C6H9N3O2/c1-22-13(11-29-30(19-8-6-17)20-9-7-18)12(21-16(22)24(27)28)3-2-10-23-14(25)4-5-15(23)26;1-4-5(2)8(3)6(7-4)9(10)11/h4-5,19-20H,2-3,6-11H2,1H3;1-3H3. The number of hydrogen-bond donors (Lipinski definition) is 2. The van der Waals surface area contributed by atoms with Gasteiger partial charge in [-0.05, 0) is 30.1 Å². The van der Waals surface area contributed by atoms with Crippen LogP contribution in [-0.4, -0.2) is 76.0 Å². The summed E-state index contributed by atoms with van der Waals surface area (Å²) in [7, 11) is 2.07. The topological polar surface area (TPSA) is 193 Å². The van der Waals surface area contributed by atoms with Gasteiger partial charge in [0.25, 0.3) is 11.8 Å². The predicted octanol–water partition coefficient (Wildman–Crippen LogP) is 2.84. The molecule has 0 saturated carbocycles. The minimum atomic E-state index is -1.14. The highest BCUT2D eigenvalue weighted by molar-refractivity contribution is 9.09. The minimum Gasteiger partial charge on any atom is -0.390 e. The molecule has 2 aromatic rings. The van der Waals surface area contributed by atoms with E-state index < -0.39 is 18.3 Å². The highest BCUT2D eigenvalue weighted by Crippen LogP contribution is 2.30. The molecule has 226 valence electrons. The average Bonchev–Trinajstić information content (AvgIpc) is 3.52. The monoisotopic (exact) mass is 723 g/mol. The second-order valence-corrected chi connectivity index (χ2v) is 11.6. The number of amides is 2. The zero-order chi connectivity index (χ0) is 30.7. The fourth-order valence-corrected chi connectivity index (χ4v) is 5.78. The quantitative estimate of drug-likeness (QED) is 0.0902. The number of rotatable bonds is 15. The van der Waals surface area contributed by atoms with Crippen LogP contribution in [0.25, 0.3) is 0 Å². The first-order chi connectivity index (χ1) is 19.4. The van der Waals surface area contributed by atoms with Crippen LogP contribution in [0.1, 0.15) is 29.2 Å². The molecule has 0 bridgehead atoms. The summed E-state index contributed by atoms with van der Waals surface area (Å²) in [5.41, 5.74) is 2.65. The Morgan fingerprint density at radius 3 is 1.93 bits per heavy atom. The largest absolute Gasteiger partial charge is 0.434 e. The predicted molar refractivity (Wildman–Crippen MR) is 159 cm³/mol. The molecule has 0 atom stereocenters. The van der Waals surface area contributed by atoms with Crippen molar-refractivity contribution in [1.82, 2.24) is 34.2 Å². The summed E-state index contributed by atoms with van der Waals surface area (Å²) in [6.07, 6.45) is 3.28. The maximum atomic E-state index is 11.7. The third-order valence-corrected chi connectivity index (χ3v) is 8.12. The normalized spacial score (nSPS) is 12.8. The number of nitro groups is 2. The Kier molecular flexibility index (Phi) is 14.1. The zero-order valence-electron chi connectivity index (χ0n) is 23.0. The lowest BCUT2D eigenvalue weighted by molar-refractivity contribution is -0.396. The van der Waals surface area contributed by atoms with Gasteiger partial charge in [-0.1, -0.05) is 41.8 Å². The Hall–Kier alpha value is -2.63. The molecule has 19 heteroatoms. The van der Waals surface area contributed by atoms with E-state index in [0.29, 0.717) is 43.0 Å². The molecule has 2 amide bonds. The Bertz CT molecular complexity index is 1260. The van der Waals surface area contributed by atoms with E-state index in [1.165, 1.54) is 21.3 Å². The summed E-state index contributed by atoms with van der Waals surface area (Å²) in [5.74, 6) is -1.07. The molecule has 3 heterocycles. The first kappa shape index (κ1) is 34.6. The number of alkyl halides is 2. The number of nitrogens with one attached hydrogen (secondary N) is 2. The van der Waals surface area contributed by atoms with E-state index >= 15 is 0 Å². The lowest BCUT2D eigenvalue weighted by Gasteiger charge is -2.18. The van der Waals surface area contributed by atoms with Crippen LogP contribution in [0.5, 0.6) is 0 Å². The molecule has 1 aliphatic rings. The Morgan fingerprint density at radius 2 is 1.49 bits per heavy atom. The molecular weight excluding hydrogens is 693 g/mol. The van der Waals surface area contributed by atoms with Crippen molar-refractivity contribution in [2.45, 2.75) is 33.3 Å². The highest BCUT2D eigenvalue weighted by atomic mass is 79.9. The summed E-state index contributed by atoms with van der Waals surface area (Å²) >= 11 is 6.72. The van der Waals surface area contributed by atoms with Crippen molar-refractivity contribution in [2.75, 3.05) is 30.3 Å². The molecule has 0 spiro atoms. The first-order valence-electron chi connectivity index (χ1n) is 12.3. The first-order valence-corrected chi connectivity index (χ1v) is 15.8. The molecule has 0 radical (unpaired) electrons. The van der Waals surface area contributed by atoms with E-state index in [2.05, 4.69) is 52.0 Å². The van der Waals surface area contributed by atoms with Crippen molar-refractivity contribution in [1.29, 1.82) is 0 Å². The van der Waals surface area contributed by atoms with Gasteiger partial charge in [-0.3, -0.25) is 24.7 Å². The van der Waals surface area contributed by atoms with Crippen molar-refractivity contribution in [3.63, 3.8) is 0 Å². The molecule has 0 aromatic carbocycles. The van der Waals surface area contributed by atoms with Crippen molar-refractivity contribution in [2.24, 2.45) is 14.1 Å². The molecular formula is C22H32Br2N9O7P. The fourth-order valence-electron chi connectivity index (χ4n) is 3.60. The average molecular weight is 725 g/mol. The van der Waals surface area contributed by atoms with Gasteiger partial charge >= 0.3 is 11.9 Å². The van der Waals surface area contributed by atoms with Gasteiger partial charge in [-0.25, -0.2) is 9.13 Å². The summed E-state index contributed by atoms with van der Waals surface area (Å²) in [6.45, 7) is 5.31. The second kappa shape index (κ2) is 16.7. The molecule has 0 fully saturated rings. The number of imidazole rings is 2. The second-order valence-electron chi connectivity index (χ2n) is 8.55. The third-order valence-electron chi connectivity index (χ3n) is 5.92. The Morgan fingerprint density at radius 1 is 0.951 bits per heavy atom. The van der Waals surface area contributed by atoms with Crippen LogP contribution in [0.15, 0.2) is 12.2 Å². The van der Waals surface area contributed by atoms with Gasteiger partial charge in [0.1, 0.15) is 18.0 Å². The van der Waals surface area contributed by atoms with Gasteiger partial charge in [0.05, 0.1) is 14.1 Å². The lowest BCUT2D eigenvalue weighted by Crippen LogP contribution is -2.31. The lowest BCUT2D eigenvalue weighted by atomic mass is 10.2. The number of halogens is 2. The molecule has 0 saturated heterocycles. The van der Waals surface area contributed by atoms with Crippen molar-refractivity contribution in [3.05, 3.63) is 55.2 Å². The van der Waals surface area contributed by atoms with E-state index in [1.54, 1.807) is 27.9 Å².